The van der Waals surface area contributed by atoms with Gasteiger partial charge in [-0.2, -0.15) is 9.57 Å². The Hall–Kier alpha value is -2.09. The molecule has 0 spiro atoms. The van der Waals surface area contributed by atoms with E-state index in [-0.39, 0.29) is 16.6 Å². The topological polar surface area (TPSA) is 108 Å². The number of rotatable bonds is 9. The number of carbonyl (C=O) groups excluding carboxylic acids is 1. The average molecular weight is 464 g/mol. The molecule has 31 heavy (non-hydrogen) atoms. The third kappa shape index (κ3) is 4.73. The average Bonchev–Trinajstić information content (AvgIpc) is 3.36. The molecule has 8 nitrogen and oxygen atoms in total. The normalized spacial score (nSPS) is 16.0. The third-order valence-electron chi connectivity index (χ3n) is 5.73. The van der Waals surface area contributed by atoms with E-state index in [1.54, 1.807) is 18.2 Å². The van der Waals surface area contributed by atoms with Crippen molar-refractivity contribution in [3.63, 3.8) is 0 Å². The van der Waals surface area contributed by atoms with Crippen molar-refractivity contribution >= 4 is 38.7 Å². The minimum absolute atomic E-state index is 0.150. The number of nitrogens with zero attached hydrogens (tertiary/aromatic N) is 4. The van der Waals surface area contributed by atoms with Crippen molar-refractivity contribution in [2.45, 2.75) is 68.6 Å². The van der Waals surface area contributed by atoms with Gasteiger partial charge in [0.15, 0.2) is 5.16 Å². The van der Waals surface area contributed by atoms with Gasteiger partial charge in [0.25, 0.3) is 0 Å². The summed E-state index contributed by atoms with van der Waals surface area (Å²) in [5, 5.41) is 13.0. The van der Waals surface area contributed by atoms with E-state index < -0.39 is 15.6 Å². The van der Waals surface area contributed by atoms with Gasteiger partial charge in [0.05, 0.1) is 27.8 Å². The molecule has 1 N–H and O–H groups in total. The number of hydrogen-bond donors (Lipinski definition) is 1. The monoisotopic (exact) mass is 463 g/mol. The fourth-order valence-electron chi connectivity index (χ4n) is 4.05. The molecule has 0 atom stereocenters. The van der Waals surface area contributed by atoms with Crippen molar-refractivity contribution in [2.24, 2.45) is 0 Å². The van der Waals surface area contributed by atoms with Gasteiger partial charge in [0.1, 0.15) is 5.54 Å². The van der Waals surface area contributed by atoms with Crippen molar-refractivity contribution < 1.29 is 13.2 Å². The lowest BCUT2D eigenvalue weighted by Gasteiger charge is -2.21. The highest BCUT2D eigenvalue weighted by atomic mass is 32.2. The van der Waals surface area contributed by atoms with Crippen LogP contribution in [0.5, 0.6) is 0 Å². The number of thioether (sulfide) groups is 1. The van der Waals surface area contributed by atoms with Crippen molar-refractivity contribution in [3.8, 4) is 6.07 Å². The van der Waals surface area contributed by atoms with E-state index >= 15 is 0 Å². The number of benzene rings is 1. The summed E-state index contributed by atoms with van der Waals surface area (Å²) < 4.78 is 29.1. The number of nitrogens with one attached hydrogen (secondary N) is 1. The van der Waals surface area contributed by atoms with Crippen molar-refractivity contribution in [1.29, 1.82) is 5.26 Å². The molecule has 0 saturated heterocycles. The van der Waals surface area contributed by atoms with Gasteiger partial charge in [-0.3, -0.25) is 4.79 Å². The molecule has 1 aromatic heterocycles. The maximum atomic E-state index is 12.8. The van der Waals surface area contributed by atoms with Crippen LogP contribution in [-0.4, -0.2) is 52.6 Å². The number of carbonyl (C=O) groups is 1. The molecule has 0 unspecified atom stereocenters. The van der Waals surface area contributed by atoms with E-state index in [4.69, 9.17) is 0 Å². The molecular formula is C21H29N5O3S2. The molecule has 3 rings (SSSR count). The highest BCUT2D eigenvalue weighted by Crippen LogP contribution is 2.30. The summed E-state index contributed by atoms with van der Waals surface area (Å²) >= 11 is 1.30. The number of fused-ring (bicyclic) bond motifs is 1. The van der Waals surface area contributed by atoms with Gasteiger partial charge >= 0.3 is 0 Å². The summed E-state index contributed by atoms with van der Waals surface area (Å²) in [5.74, 6) is -0.0369. The molecule has 1 saturated carbocycles. The van der Waals surface area contributed by atoms with E-state index in [0.29, 0.717) is 43.1 Å². The number of nitriles is 1. The third-order valence-corrected chi connectivity index (χ3v) is 8.75. The van der Waals surface area contributed by atoms with Crippen LogP contribution in [0, 0.1) is 11.3 Å². The van der Waals surface area contributed by atoms with Gasteiger partial charge in [0, 0.05) is 19.6 Å². The van der Waals surface area contributed by atoms with Crippen LogP contribution in [0.25, 0.3) is 11.0 Å². The van der Waals surface area contributed by atoms with Gasteiger partial charge in [0.2, 0.25) is 15.9 Å². The number of imidazole rings is 1. The Kier molecular flexibility index (Phi) is 7.29. The van der Waals surface area contributed by atoms with Crippen molar-refractivity contribution in [2.75, 3.05) is 18.8 Å². The second-order valence-electron chi connectivity index (χ2n) is 7.62. The molecule has 0 bridgehead atoms. The number of aryl methyl sites for hydroxylation is 1. The smallest absolute Gasteiger partial charge is 0.243 e. The van der Waals surface area contributed by atoms with Crippen LogP contribution in [0.4, 0.5) is 0 Å². The van der Waals surface area contributed by atoms with E-state index in [9.17, 15) is 18.5 Å². The lowest BCUT2D eigenvalue weighted by molar-refractivity contribution is -0.119. The van der Waals surface area contributed by atoms with Crippen molar-refractivity contribution in [3.05, 3.63) is 18.2 Å². The first-order valence-corrected chi connectivity index (χ1v) is 13.1. The quantitative estimate of drug-likeness (QED) is 0.573. The van der Waals surface area contributed by atoms with Gasteiger partial charge in [-0.15, -0.1) is 0 Å². The van der Waals surface area contributed by atoms with Crippen LogP contribution >= 0.6 is 11.8 Å². The number of sulfonamides is 1. The first-order chi connectivity index (χ1) is 14.8. The highest BCUT2D eigenvalue weighted by molar-refractivity contribution is 7.99. The standard InChI is InChI=1S/C21H29N5O3S2/c1-4-25(5-2)31(28,29)16-9-10-18-17(13-16)23-20(26(18)6-3)30-14-19(27)24-21(15-22)11-7-8-12-21/h9-10,13H,4-8,11-12,14H2,1-3H3,(H,24,27). The maximum absolute atomic E-state index is 12.8. The maximum Gasteiger partial charge on any atom is 0.243 e. The van der Waals surface area contributed by atoms with Crippen LogP contribution in [0.15, 0.2) is 28.3 Å². The molecule has 1 aliphatic rings. The number of amides is 1. The summed E-state index contributed by atoms with van der Waals surface area (Å²) in [6, 6.07) is 7.25. The summed E-state index contributed by atoms with van der Waals surface area (Å²) in [4.78, 5) is 17.3. The first-order valence-electron chi connectivity index (χ1n) is 10.7. The van der Waals surface area contributed by atoms with Crippen LogP contribution in [0.1, 0.15) is 46.5 Å². The molecular weight excluding hydrogens is 434 g/mol. The molecule has 1 aromatic carbocycles. The van der Waals surface area contributed by atoms with E-state index in [0.717, 1.165) is 18.4 Å². The minimum Gasteiger partial charge on any atom is -0.337 e. The lowest BCUT2D eigenvalue weighted by atomic mass is 10.0. The van der Waals surface area contributed by atoms with Crippen LogP contribution in [0.3, 0.4) is 0 Å². The van der Waals surface area contributed by atoms with Gasteiger partial charge in [-0.25, -0.2) is 13.4 Å². The Morgan fingerprint density at radius 2 is 1.97 bits per heavy atom. The number of aromatic nitrogens is 2. The minimum atomic E-state index is -3.57. The Morgan fingerprint density at radius 1 is 1.29 bits per heavy atom. The molecule has 2 aromatic rings. The summed E-state index contributed by atoms with van der Waals surface area (Å²) in [7, 11) is -3.57. The zero-order valence-corrected chi connectivity index (χ0v) is 19.9. The predicted molar refractivity (Wildman–Crippen MR) is 121 cm³/mol. The molecule has 1 fully saturated rings. The van der Waals surface area contributed by atoms with E-state index in [1.165, 1.54) is 16.1 Å². The fourth-order valence-corrected chi connectivity index (χ4v) is 6.41. The molecule has 0 radical (unpaired) electrons. The first kappa shape index (κ1) is 23.6. The molecule has 10 heteroatoms. The van der Waals surface area contributed by atoms with Crippen LogP contribution in [0.2, 0.25) is 0 Å². The van der Waals surface area contributed by atoms with Gasteiger partial charge in [-0.05, 0) is 50.8 Å². The Labute approximate surface area is 188 Å². The fraction of sp³-hybridized carbons (Fsp3) is 0.571. The molecule has 1 amide bonds. The van der Waals surface area contributed by atoms with E-state index in [2.05, 4.69) is 16.4 Å². The Morgan fingerprint density at radius 3 is 2.55 bits per heavy atom. The second kappa shape index (κ2) is 9.59. The van der Waals surface area contributed by atoms with Crippen LogP contribution in [-0.2, 0) is 21.4 Å². The van der Waals surface area contributed by atoms with Gasteiger partial charge in [-0.1, -0.05) is 25.6 Å². The molecule has 168 valence electrons. The highest BCUT2D eigenvalue weighted by Gasteiger charge is 2.35. The predicted octanol–water partition coefficient (Wildman–Crippen LogP) is 3.13. The summed E-state index contributed by atoms with van der Waals surface area (Å²) in [6.45, 7) is 7.06. The molecule has 0 aliphatic heterocycles. The Bertz CT molecular complexity index is 1090. The molecule has 1 aliphatic carbocycles. The van der Waals surface area contributed by atoms with Gasteiger partial charge < -0.3 is 9.88 Å². The summed E-state index contributed by atoms with van der Waals surface area (Å²) in [5.41, 5.74) is 0.673. The van der Waals surface area contributed by atoms with Crippen molar-refractivity contribution in [1.82, 2.24) is 19.2 Å². The zero-order valence-electron chi connectivity index (χ0n) is 18.2. The SMILES string of the molecule is CCN(CC)S(=O)(=O)c1ccc2c(c1)nc(SCC(=O)NC1(C#N)CCCC1)n2CC. The second-order valence-corrected chi connectivity index (χ2v) is 10.5. The largest absolute Gasteiger partial charge is 0.337 e. The summed E-state index contributed by atoms with van der Waals surface area (Å²) in [6.07, 6.45) is 3.28. The number of hydrogen-bond acceptors (Lipinski definition) is 6. The molecule has 1 heterocycles. The van der Waals surface area contributed by atoms with Crippen LogP contribution < -0.4 is 5.32 Å². The zero-order chi connectivity index (χ0) is 22.6. The lowest BCUT2D eigenvalue weighted by Crippen LogP contribution is -2.45. The Balaban J connectivity index is 1.81. The van der Waals surface area contributed by atoms with E-state index in [1.807, 2.05) is 25.3 Å².